The van der Waals surface area contributed by atoms with Crippen molar-refractivity contribution in [2.45, 2.75) is 58.3 Å². The van der Waals surface area contributed by atoms with Gasteiger partial charge in [-0.15, -0.1) is 0 Å². The standard InChI is InChI=1S/C29H40N6O4S/c1-6-40(37,38)17-20-15-35(19(20)4)24-8-7-21(18(2)3)22-13-28(31-14-23(22)24)32-27-9-11-30-29(33-27)34-12-10-26(39-5)25(36)16-34/h7-9,11,13-14,18-20,25-26,36H,6,10,12,15-17H2,1-5H3,(H,30,31,32,33)/t19-,20-,25-,26+/m1/s1. The molecule has 2 fully saturated rings. The molecule has 0 unspecified atom stereocenters. The summed E-state index contributed by atoms with van der Waals surface area (Å²) < 4.78 is 29.8. The molecule has 4 heterocycles. The number of rotatable bonds is 9. The Balaban J connectivity index is 1.39. The summed E-state index contributed by atoms with van der Waals surface area (Å²) in [5, 5.41) is 15.9. The van der Waals surface area contributed by atoms with Crippen molar-refractivity contribution in [1.29, 1.82) is 0 Å². The Morgan fingerprint density at radius 3 is 2.62 bits per heavy atom. The first-order chi connectivity index (χ1) is 19.1. The third-order valence-corrected chi connectivity index (χ3v) is 10.2. The van der Waals surface area contributed by atoms with E-state index in [4.69, 9.17) is 14.7 Å². The van der Waals surface area contributed by atoms with Crippen LogP contribution >= 0.6 is 0 Å². The van der Waals surface area contributed by atoms with Crippen LogP contribution < -0.4 is 15.1 Å². The van der Waals surface area contributed by atoms with Gasteiger partial charge in [0.25, 0.3) is 0 Å². The first-order valence-electron chi connectivity index (χ1n) is 14.1. The summed E-state index contributed by atoms with van der Waals surface area (Å²) in [6.07, 6.45) is 3.55. The number of hydrogen-bond donors (Lipinski definition) is 2. The Morgan fingerprint density at radius 2 is 1.95 bits per heavy atom. The van der Waals surface area contributed by atoms with Crippen LogP contribution in [0.25, 0.3) is 10.8 Å². The van der Waals surface area contributed by atoms with Crippen molar-refractivity contribution < 1.29 is 18.3 Å². The number of pyridine rings is 1. The van der Waals surface area contributed by atoms with E-state index in [1.165, 1.54) is 5.56 Å². The molecule has 0 aliphatic carbocycles. The third-order valence-electron chi connectivity index (χ3n) is 8.36. The van der Waals surface area contributed by atoms with Crippen molar-refractivity contribution in [3.05, 3.63) is 42.2 Å². The van der Waals surface area contributed by atoms with Gasteiger partial charge in [0.05, 0.1) is 18.0 Å². The van der Waals surface area contributed by atoms with Gasteiger partial charge in [-0.05, 0) is 48.4 Å². The topological polar surface area (TPSA) is 121 Å². The number of nitrogens with zero attached hydrogens (tertiary/aromatic N) is 5. The van der Waals surface area contributed by atoms with Crippen LogP contribution in [0, 0.1) is 5.92 Å². The molecule has 40 heavy (non-hydrogen) atoms. The highest BCUT2D eigenvalue weighted by Crippen LogP contribution is 2.39. The van der Waals surface area contributed by atoms with Crippen molar-refractivity contribution in [3.63, 3.8) is 0 Å². The average molecular weight is 569 g/mol. The molecular formula is C29H40N6O4S. The molecule has 1 aromatic carbocycles. The fourth-order valence-corrected chi connectivity index (χ4v) is 7.05. The Bertz CT molecular complexity index is 1470. The summed E-state index contributed by atoms with van der Waals surface area (Å²) >= 11 is 0. The number of methoxy groups -OCH3 is 1. The van der Waals surface area contributed by atoms with Crippen LogP contribution in [0.3, 0.4) is 0 Å². The lowest BCUT2D eigenvalue weighted by Crippen LogP contribution is -2.57. The lowest BCUT2D eigenvalue weighted by atomic mass is 9.88. The van der Waals surface area contributed by atoms with Crippen molar-refractivity contribution in [2.24, 2.45) is 5.92 Å². The molecule has 2 aromatic heterocycles. The fraction of sp³-hybridized carbons (Fsp3) is 0.552. The van der Waals surface area contributed by atoms with E-state index in [9.17, 15) is 13.5 Å². The molecule has 0 radical (unpaired) electrons. The highest BCUT2D eigenvalue weighted by molar-refractivity contribution is 7.91. The van der Waals surface area contributed by atoms with E-state index in [1.54, 1.807) is 26.3 Å². The van der Waals surface area contributed by atoms with Gasteiger partial charge in [0.1, 0.15) is 21.5 Å². The smallest absolute Gasteiger partial charge is 0.227 e. The van der Waals surface area contributed by atoms with Crippen LogP contribution in [0.4, 0.5) is 23.3 Å². The number of sulfone groups is 1. The van der Waals surface area contributed by atoms with E-state index < -0.39 is 15.9 Å². The maximum Gasteiger partial charge on any atom is 0.227 e. The lowest BCUT2D eigenvalue weighted by molar-refractivity contribution is -0.0219. The summed E-state index contributed by atoms with van der Waals surface area (Å²) in [6.45, 7) is 10.0. The number of benzene rings is 1. The number of aliphatic hydroxyl groups excluding tert-OH is 1. The Kier molecular flexibility index (Phi) is 8.17. The van der Waals surface area contributed by atoms with Gasteiger partial charge in [0, 0.05) is 67.9 Å². The molecule has 2 saturated heterocycles. The molecule has 0 bridgehead atoms. The van der Waals surface area contributed by atoms with Gasteiger partial charge in [-0.1, -0.05) is 26.8 Å². The molecule has 2 N–H and O–H groups in total. The summed E-state index contributed by atoms with van der Waals surface area (Å²) in [5.41, 5.74) is 2.30. The van der Waals surface area contributed by atoms with Gasteiger partial charge in [0.2, 0.25) is 5.95 Å². The summed E-state index contributed by atoms with van der Waals surface area (Å²) in [4.78, 5) is 18.1. The van der Waals surface area contributed by atoms with Crippen LogP contribution in [-0.2, 0) is 14.6 Å². The van der Waals surface area contributed by atoms with E-state index in [2.05, 4.69) is 54.2 Å². The number of fused-ring (bicyclic) bond motifs is 1. The molecule has 216 valence electrons. The molecule has 0 saturated carbocycles. The highest BCUT2D eigenvalue weighted by Gasteiger charge is 2.38. The van der Waals surface area contributed by atoms with Crippen molar-refractivity contribution >= 4 is 43.9 Å². The first kappa shape index (κ1) is 28.5. The SMILES string of the molecule is CCS(=O)(=O)C[C@H]1CN(c2ccc(C(C)C)c3cc(Nc4ccnc(N5CC[C@H](OC)[C@H](O)C5)n4)ncc23)[C@@H]1C. The number of nitrogens with one attached hydrogen (secondary N) is 1. The number of piperidine rings is 1. The fourth-order valence-electron chi connectivity index (χ4n) is 5.78. The monoisotopic (exact) mass is 568 g/mol. The van der Waals surface area contributed by atoms with Gasteiger partial charge in [-0.25, -0.2) is 18.4 Å². The predicted octanol–water partition coefficient (Wildman–Crippen LogP) is 3.74. The van der Waals surface area contributed by atoms with E-state index >= 15 is 0 Å². The van der Waals surface area contributed by atoms with Crippen molar-refractivity contribution in [2.75, 3.05) is 53.4 Å². The molecule has 11 heteroatoms. The molecule has 5 rings (SSSR count). The largest absolute Gasteiger partial charge is 0.389 e. The molecular weight excluding hydrogens is 528 g/mol. The maximum absolute atomic E-state index is 12.2. The second-order valence-corrected chi connectivity index (χ2v) is 13.6. The quantitative estimate of drug-likeness (QED) is 0.395. The van der Waals surface area contributed by atoms with Gasteiger partial charge in [-0.3, -0.25) is 0 Å². The molecule has 4 atom stereocenters. The lowest BCUT2D eigenvalue weighted by Gasteiger charge is -2.48. The van der Waals surface area contributed by atoms with Crippen LogP contribution in [0.15, 0.2) is 36.7 Å². The number of aromatic nitrogens is 3. The second-order valence-electron chi connectivity index (χ2n) is 11.2. The van der Waals surface area contributed by atoms with Crippen molar-refractivity contribution in [1.82, 2.24) is 15.0 Å². The van der Waals surface area contributed by atoms with Gasteiger partial charge in [0.15, 0.2) is 0 Å². The minimum absolute atomic E-state index is 0.132. The minimum atomic E-state index is -3.01. The Hall–Kier alpha value is -3.02. The normalized spacial score (nSPS) is 23.5. The van der Waals surface area contributed by atoms with E-state index in [1.807, 2.05) is 11.1 Å². The van der Waals surface area contributed by atoms with E-state index in [0.29, 0.717) is 43.0 Å². The van der Waals surface area contributed by atoms with Crippen LogP contribution in [0.1, 0.15) is 45.6 Å². The zero-order chi connectivity index (χ0) is 28.6. The van der Waals surface area contributed by atoms with Gasteiger partial charge in [-0.2, -0.15) is 4.98 Å². The predicted molar refractivity (Wildman–Crippen MR) is 159 cm³/mol. The second kappa shape index (κ2) is 11.5. The Labute approximate surface area is 236 Å². The molecule has 3 aromatic rings. The van der Waals surface area contributed by atoms with Crippen LogP contribution in [0.5, 0.6) is 0 Å². The van der Waals surface area contributed by atoms with Gasteiger partial charge < -0.3 is 25.0 Å². The first-order valence-corrected chi connectivity index (χ1v) is 15.9. The zero-order valence-electron chi connectivity index (χ0n) is 23.9. The number of hydrogen-bond acceptors (Lipinski definition) is 10. The molecule has 2 aliphatic heterocycles. The molecule has 0 amide bonds. The van der Waals surface area contributed by atoms with Crippen molar-refractivity contribution in [3.8, 4) is 0 Å². The number of anilines is 4. The third kappa shape index (κ3) is 5.73. The zero-order valence-corrected chi connectivity index (χ0v) is 24.7. The summed E-state index contributed by atoms with van der Waals surface area (Å²) in [5.74, 6) is 2.72. The summed E-state index contributed by atoms with van der Waals surface area (Å²) in [7, 11) is -1.39. The molecule has 2 aliphatic rings. The maximum atomic E-state index is 12.2. The van der Waals surface area contributed by atoms with E-state index in [0.717, 1.165) is 23.0 Å². The molecule has 10 nitrogen and oxygen atoms in total. The molecule has 0 spiro atoms. The van der Waals surface area contributed by atoms with Gasteiger partial charge >= 0.3 is 0 Å². The number of β-amino-alcohol motifs (C(OH)–C–C–N with tert-alkyl or cyclic N) is 1. The summed E-state index contributed by atoms with van der Waals surface area (Å²) in [6, 6.07) is 8.32. The minimum Gasteiger partial charge on any atom is -0.389 e. The number of ether oxygens (including phenoxy) is 1. The Morgan fingerprint density at radius 1 is 1.15 bits per heavy atom. The van der Waals surface area contributed by atoms with E-state index in [-0.39, 0.29) is 29.6 Å². The average Bonchev–Trinajstić information content (AvgIpc) is 2.94. The van der Waals surface area contributed by atoms with Crippen LogP contribution in [0.2, 0.25) is 0 Å². The van der Waals surface area contributed by atoms with Crippen LogP contribution in [-0.4, -0.2) is 85.0 Å². The number of aliphatic hydroxyl groups is 1. The highest BCUT2D eigenvalue weighted by atomic mass is 32.2.